The number of halogens is 5. The molecule has 7 aromatic carbocycles. The van der Waals surface area contributed by atoms with E-state index >= 15 is 8.78 Å². The largest absolute Gasteiger partial charge is 0.457 e. The predicted molar refractivity (Wildman–Crippen MR) is 265 cm³/mol. The summed E-state index contributed by atoms with van der Waals surface area (Å²) in [6.07, 6.45) is 1.86. The van der Waals surface area contributed by atoms with Gasteiger partial charge in [-0.05, 0) is 113 Å². The number of para-hydroxylation sites is 4. The van der Waals surface area contributed by atoms with Crippen LogP contribution in [0.3, 0.4) is 0 Å². The molecule has 342 valence electrons. The SMILES string of the molecule is Cc1cccc(C)c1-c1cc(Oc2ccc3c4ccccc4n(-c4cc(C(C)(C)C)ccn4)c3c2)cc(N2CN(c3c(-c4c(F)c(F)c(F)c(F)c4F)cccc3C(C)(C)C)c3ccccc32)c1. The van der Waals surface area contributed by atoms with Gasteiger partial charge >= 0.3 is 0 Å². The average molecular weight is 913 g/mol. The number of fused-ring (bicyclic) bond motifs is 4. The molecule has 0 unspecified atom stereocenters. The lowest BCUT2D eigenvalue weighted by atomic mass is 9.83. The Hall–Kier alpha value is -7.46. The van der Waals surface area contributed by atoms with E-state index in [9.17, 15) is 13.2 Å². The van der Waals surface area contributed by atoms with Crippen molar-refractivity contribution in [2.75, 3.05) is 16.5 Å². The topological polar surface area (TPSA) is 33.5 Å². The zero-order chi connectivity index (χ0) is 48.0. The summed E-state index contributed by atoms with van der Waals surface area (Å²) in [6, 6.07) is 43.3. The first-order valence-corrected chi connectivity index (χ1v) is 22.6. The van der Waals surface area contributed by atoms with Crippen LogP contribution >= 0.6 is 0 Å². The van der Waals surface area contributed by atoms with E-state index in [4.69, 9.17) is 9.72 Å². The van der Waals surface area contributed by atoms with Crippen LogP contribution in [0.25, 0.3) is 49.9 Å². The Morgan fingerprint density at radius 3 is 1.85 bits per heavy atom. The van der Waals surface area contributed by atoms with Crippen LogP contribution in [-0.2, 0) is 10.8 Å². The van der Waals surface area contributed by atoms with E-state index < -0.39 is 40.1 Å². The van der Waals surface area contributed by atoms with Crippen LogP contribution in [0.2, 0.25) is 0 Å². The second-order valence-electron chi connectivity index (χ2n) is 19.7. The third-order valence-electron chi connectivity index (χ3n) is 13.0. The lowest BCUT2D eigenvalue weighted by molar-refractivity contribution is 0.381. The first-order valence-electron chi connectivity index (χ1n) is 22.6. The van der Waals surface area contributed by atoms with Crippen LogP contribution in [0.4, 0.5) is 44.7 Å². The zero-order valence-corrected chi connectivity index (χ0v) is 39.1. The van der Waals surface area contributed by atoms with E-state index in [1.54, 1.807) is 6.07 Å². The van der Waals surface area contributed by atoms with Crippen LogP contribution in [0.15, 0.2) is 140 Å². The van der Waals surface area contributed by atoms with Crippen LogP contribution in [-0.4, -0.2) is 16.2 Å². The van der Waals surface area contributed by atoms with Crippen molar-refractivity contribution in [1.29, 1.82) is 0 Å². The summed E-state index contributed by atoms with van der Waals surface area (Å²) in [6.45, 7) is 16.7. The Morgan fingerprint density at radius 2 is 1.16 bits per heavy atom. The maximum Gasteiger partial charge on any atom is 0.200 e. The lowest BCUT2D eigenvalue weighted by Crippen LogP contribution is -2.27. The smallest absolute Gasteiger partial charge is 0.200 e. The van der Waals surface area contributed by atoms with Crippen molar-refractivity contribution < 1.29 is 26.7 Å². The molecule has 0 fully saturated rings. The standard InChI is InChI=1S/C58H49F5N4O/c1-33-15-13-16-34(2)49(33)35-27-37(30-39(28-35)68-38-23-24-41-40-17-9-10-20-44(40)67(47(41)31-38)48-29-36(25-26-64-48)57(3,4)5)65-32-66(46-22-12-11-21-45(46)65)56-42(18-14-19-43(56)58(6,7)8)50-51(59)53(61)55(63)54(62)52(50)60/h9-31H,32H2,1-8H3. The number of pyridine rings is 1. The summed E-state index contributed by atoms with van der Waals surface area (Å²) < 4.78 is 85.2. The molecule has 0 amide bonds. The molecule has 1 aliphatic heterocycles. The van der Waals surface area contributed by atoms with Gasteiger partial charge in [0.1, 0.15) is 24.0 Å². The second kappa shape index (κ2) is 16.4. The highest BCUT2D eigenvalue weighted by molar-refractivity contribution is 6.09. The minimum atomic E-state index is -2.21. The fraction of sp³-hybridized carbons (Fsp3) is 0.190. The molecular formula is C58H49F5N4O. The van der Waals surface area contributed by atoms with E-state index in [0.717, 1.165) is 66.8 Å². The highest BCUT2D eigenvalue weighted by Gasteiger charge is 2.36. The lowest BCUT2D eigenvalue weighted by Gasteiger charge is -2.32. The van der Waals surface area contributed by atoms with Crippen LogP contribution in [0, 0.1) is 42.9 Å². The van der Waals surface area contributed by atoms with Gasteiger partial charge in [-0.3, -0.25) is 4.57 Å². The highest BCUT2D eigenvalue weighted by Crippen LogP contribution is 2.52. The molecule has 10 rings (SSSR count). The number of aromatic nitrogens is 2. The van der Waals surface area contributed by atoms with Gasteiger partial charge in [0.2, 0.25) is 5.82 Å². The number of hydrogen-bond donors (Lipinski definition) is 0. The van der Waals surface area contributed by atoms with E-state index in [1.807, 2.05) is 105 Å². The van der Waals surface area contributed by atoms with Crippen molar-refractivity contribution in [2.24, 2.45) is 0 Å². The number of ether oxygens (including phenoxy) is 1. The Kier molecular flexibility index (Phi) is 10.7. The maximum atomic E-state index is 15.9. The molecule has 2 aromatic heterocycles. The Balaban J connectivity index is 1.14. The third-order valence-corrected chi connectivity index (χ3v) is 13.0. The minimum Gasteiger partial charge on any atom is -0.457 e. The van der Waals surface area contributed by atoms with E-state index in [0.29, 0.717) is 28.4 Å². The molecule has 68 heavy (non-hydrogen) atoms. The van der Waals surface area contributed by atoms with Gasteiger partial charge < -0.3 is 14.5 Å². The summed E-state index contributed by atoms with van der Waals surface area (Å²) >= 11 is 0. The monoisotopic (exact) mass is 912 g/mol. The van der Waals surface area contributed by atoms with Gasteiger partial charge in [-0.2, -0.15) is 0 Å². The Morgan fingerprint density at radius 1 is 0.529 bits per heavy atom. The number of rotatable bonds is 7. The van der Waals surface area contributed by atoms with Gasteiger partial charge in [0.25, 0.3) is 0 Å². The van der Waals surface area contributed by atoms with Gasteiger partial charge in [-0.15, -0.1) is 0 Å². The van der Waals surface area contributed by atoms with Crippen LogP contribution in [0.5, 0.6) is 11.5 Å². The fourth-order valence-electron chi connectivity index (χ4n) is 9.73. The van der Waals surface area contributed by atoms with E-state index in [1.165, 1.54) is 6.07 Å². The molecule has 0 aliphatic carbocycles. The van der Waals surface area contributed by atoms with Gasteiger partial charge in [0.05, 0.1) is 33.7 Å². The molecule has 0 saturated heterocycles. The molecule has 3 heterocycles. The van der Waals surface area contributed by atoms with E-state index in [2.05, 4.69) is 92.6 Å². The normalized spacial score (nSPS) is 13.0. The summed E-state index contributed by atoms with van der Waals surface area (Å²) in [4.78, 5) is 8.83. The number of aryl methyl sites for hydroxylation is 2. The van der Waals surface area contributed by atoms with Gasteiger partial charge in [-0.25, -0.2) is 26.9 Å². The summed E-state index contributed by atoms with van der Waals surface area (Å²) in [5, 5.41) is 2.14. The molecule has 0 radical (unpaired) electrons. The molecule has 0 saturated carbocycles. The second-order valence-corrected chi connectivity index (χ2v) is 19.7. The highest BCUT2D eigenvalue weighted by atomic mass is 19.2. The van der Waals surface area contributed by atoms with Crippen molar-refractivity contribution in [2.45, 2.75) is 66.2 Å². The van der Waals surface area contributed by atoms with Crippen molar-refractivity contribution in [3.05, 3.63) is 191 Å². The maximum absolute atomic E-state index is 15.9. The summed E-state index contributed by atoms with van der Waals surface area (Å²) in [5.41, 5.74) is 8.53. The molecule has 10 heteroatoms. The molecule has 0 bridgehead atoms. The molecule has 9 aromatic rings. The number of hydrogen-bond acceptors (Lipinski definition) is 4. The molecule has 0 N–H and O–H groups in total. The van der Waals surface area contributed by atoms with Crippen molar-refractivity contribution in [1.82, 2.24) is 9.55 Å². The van der Waals surface area contributed by atoms with Crippen molar-refractivity contribution in [3.8, 4) is 39.6 Å². The zero-order valence-electron chi connectivity index (χ0n) is 39.1. The molecule has 0 spiro atoms. The molecule has 1 aliphatic rings. The summed E-state index contributed by atoms with van der Waals surface area (Å²) in [5.74, 6) is -8.04. The number of benzene rings is 7. The molecular weight excluding hydrogens is 864 g/mol. The van der Waals surface area contributed by atoms with Crippen molar-refractivity contribution in [3.63, 3.8) is 0 Å². The minimum absolute atomic E-state index is 0.0919. The quantitative estimate of drug-likeness (QED) is 0.0906. The predicted octanol–water partition coefficient (Wildman–Crippen LogP) is 16.5. The first kappa shape index (κ1) is 44.4. The molecule has 5 nitrogen and oxygen atoms in total. The summed E-state index contributed by atoms with van der Waals surface area (Å²) in [7, 11) is 0. The Bertz CT molecular complexity index is 3440. The first-order chi connectivity index (χ1) is 32.4. The van der Waals surface area contributed by atoms with Crippen LogP contribution in [0.1, 0.15) is 63.8 Å². The van der Waals surface area contributed by atoms with Gasteiger partial charge in [0, 0.05) is 40.4 Å². The van der Waals surface area contributed by atoms with Gasteiger partial charge in [-0.1, -0.05) is 108 Å². The average Bonchev–Trinajstić information content (AvgIpc) is 3.85. The van der Waals surface area contributed by atoms with Crippen molar-refractivity contribution >= 4 is 44.6 Å². The number of anilines is 4. The van der Waals surface area contributed by atoms with E-state index in [-0.39, 0.29) is 17.6 Å². The van der Waals surface area contributed by atoms with Gasteiger partial charge in [0.15, 0.2) is 23.3 Å². The molecule has 0 atom stereocenters. The fourth-order valence-corrected chi connectivity index (χ4v) is 9.73. The number of nitrogens with zero attached hydrogens (tertiary/aromatic N) is 4. The third kappa shape index (κ3) is 7.43. The Labute approximate surface area is 392 Å². The van der Waals surface area contributed by atoms with Crippen LogP contribution < -0.4 is 14.5 Å².